The summed E-state index contributed by atoms with van der Waals surface area (Å²) in [6.07, 6.45) is 8.00. The molecule has 2 aliphatic carbocycles. The van der Waals surface area contributed by atoms with Crippen molar-refractivity contribution in [2.75, 3.05) is 32.7 Å². The molecule has 2 heterocycles. The molecule has 1 amide bonds. The summed E-state index contributed by atoms with van der Waals surface area (Å²) < 4.78 is 5.85. The van der Waals surface area contributed by atoms with E-state index in [0.717, 1.165) is 52.0 Å². The molecule has 2 aliphatic heterocycles. The Hall–Kier alpha value is -1.62. The van der Waals surface area contributed by atoms with Gasteiger partial charge in [-0.15, -0.1) is 0 Å². The fourth-order valence-corrected chi connectivity index (χ4v) is 5.51. The molecule has 4 aliphatic rings. The number of hydrogen-bond acceptors (Lipinski definition) is 3. The molecule has 0 aromatic rings. The molecule has 5 nitrogen and oxygen atoms in total. The van der Waals surface area contributed by atoms with E-state index in [1.807, 2.05) is 4.90 Å². The molecule has 4 atom stereocenters. The number of nitrogens with one attached hydrogen (secondary N) is 1. The number of esters is 1. The summed E-state index contributed by atoms with van der Waals surface area (Å²) in [5.41, 5.74) is 3.00. The third-order valence-electron chi connectivity index (χ3n) is 7.12. The van der Waals surface area contributed by atoms with Crippen molar-refractivity contribution in [3.8, 4) is 0 Å². The molecule has 5 heteroatoms. The second-order valence-electron chi connectivity index (χ2n) is 8.89. The summed E-state index contributed by atoms with van der Waals surface area (Å²) in [4.78, 5) is 27.5. The van der Waals surface area contributed by atoms with Crippen LogP contribution in [0.2, 0.25) is 0 Å². The maximum Gasteiger partial charge on any atom is 0.315 e. The van der Waals surface area contributed by atoms with Crippen LogP contribution in [0.3, 0.4) is 0 Å². The molecule has 0 saturated carbocycles. The van der Waals surface area contributed by atoms with Gasteiger partial charge in [-0.05, 0) is 37.2 Å². The average molecular weight is 359 g/mol. The first-order valence-corrected chi connectivity index (χ1v) is 10.1. The fourth-order valence-electron chi connectivity index (χ4n) is 5.51. The molecule has 4 rings (SSSR count). The van der Waals surface area contributed by atoms with Gasteiger partial charge in [0.25, 0.3) is 0 Å². The Morgan fingerprint density at radius 3 is 2.81 bits per heavy atom. The maximum atomic E-state index is 12.6. The van der Waals surface area contributed by atoms with Crippen LogP contribution in [0.5, 0.6) is 0 Å². The van der Waals surface area contributed by atoms with E-state index in [1.165, 1.54) is 16.0 Å². The smallest absolute Gasteiger partial charge is 0.315 e. The van der Waals surface area contributed by atoms with Gasteiger partial charge < -0.3 is 14.5 Å². The lowest BCUT2D eigenvalue weighted by Crippen LogP contribution is -3.15. The highest BCUT2D eigenvalue weighted by molar-refractivity contribution is 5.76. The van der Waals surface area contributed by atoms with Gasteiger partial charge in [-0.1, -0.05) is 24.6 Å². The quantitative estimate of drug-likeness (QED) is 0.748. The molecule has 0 unspecified atom stereocenters. The summed E-state index contributed by atoms with van der Waals surface area (Å²) in [6.45, 7) is 10.4. The van der Waals surface area contributed by atoms with E-state index < -0.39 is 0 Å². The molecular weight excluding hydrogens is 328 g/mol. The summed E-state index contributed by atoms with van der Waals surface area (Å²) >= 11 is 0. The first kappa shape index (κ1) is 17.8. The lowest BCUT2D eigenvalue weighted by atomic mass is 9.62. The van der Waals surface area contributed by atoms with E-state index in [0.29, 0.717) is 0 Å². The Bertz CT molecular complexity index is 675. The predicted molar refractivity (Wildman–Crippen MR) is 98.5 cm³/mol. The third-order valence-corrected chi connectivity index (χ3v) is 7.12. The molecule has 1 N–H and O–H groups in total. The minimum atomic E-state index is -0.0364. The van der Waals surface area contributed by atoms with Crippen molar-refractivity contribution in [3.05, 3.63) is 23.3 Å². The third kappa shape index (κ3) is 3.00. The maximum absolute atomic E-state index is 12.6. The standard InChI is InChI=1S/C21H30N2O3/c1-14-5-4-6-21(3)12-19-16(11-18(14)21)17(20(25)26-19)13-22-7-9-23(10-8-22)15(2)24/h5,11,16-17,19H,4,6-10,12-13H2,1-3H3/p+1/t16-,17-,19-,21-/m1/s1. The number of nitrogens with zero attached hydrogens (tertiary/aromatic N) is 1. The van der Waals surface area contributed by atoms with Crippen LogP contribution in [0.25, 0.3) is 0 Å². The molecule has 142 valence electrons. The number of amides is 1. The SMILES string of the molecule is CC(=O)N1CC[NH+](C[C@H]2C(=O)O[C@@H]3C[C@@]4(C)CCC=C(C)C4=C[C@@H]32)CC1. The summed E-state index contributed by atoms with van der Waals surface area (Å²) in [5.74, 6) is 0.318. The number of carbonyl (C=O) groups excluding carboxylic acids is 2. The minimum Gasteiger partial charge on any atom is -0.461 e. The molecule has 0 bridgehead atoms. The highest BCUT2D eigenvalue weighted by atomic mass is 16.6. The van der Waals surface area contributed by atoms with E-state index in [9.17, 15) is 9.59 Å². The molecule has 0 aromatic heterocycles. The van der Waals surface area contributed by atoms with Gasteiger partial charge in [-0.3, -0.25) is 9.59 Å². The Morgan fingerprint density at radius 2 is 2.12 bits per heavy atom. The van der Waals surface area contributed by atoms with E-state index >= 15 is 0 Å². The number of hydrogen-bond donors (Lipinski definition) is 1. The van der Waals surface area contributed by atoms with Crippen molar-refractivity contribution < 1.29 is 19.2 Å². The Morgan fingerprint density at radius 1 is 1.38 bits per heavy atom. The normalized spacial score (nSPS) is 37.4. The number of piperazine rings is 1. The van der Waals surface area contributed by atoms with Crippen LogP contribution < -0.4 is 4.90 Å². The first-order chi connectivity index (χ1) is 12.4. The zero-order valence-electron chi connectivity index (χ0n) is 16.2. The highest BCUT2D eigenvalue weighted by Gasteiger charge is 2.52. The summed E-state index contributed by atoms with van der Waals surface area (Å²) in [7, 11) is 0. The topological polar surface area (TPSA) is 51.1 Å². The van der Waals surface area contributed by atoms with Gasteiger partial charge in [0.15, 0.2) is 0 Å². The van der Waals surface area contributed by atoms with Gasteiger partial charge in [0.05, 0.1) is 32.7 Å². The molecule has 2 fully saturated rings. The predicted octanol–water partition coefficient (Wildman–Crippen LogP) is 0.968. The van der Waals surface area contributed by atoms with Gasteiger partial charge in [0, 0.05) is 12.8 Å². The van der Waals surface area contributed by atoms with Gasteiger partial charge >= 0.3 is 5.97 Å². The van der Waals surface area contributed by atoms with Crippen LogP contribution in [-0.4, -0.2) is 55.6 Å². The molecule has 26 heavy (non-hydrogen) atoms. The number of allylic oxidation sites excluding steroid dienone is 3. The van der Waals surface area contributed by atoms with E-state index in [2.05, 4.69) is 26.0 Å². The molecule has 0 spiro atoms. The van der Waals surface area contributed by atoms with Gasteiger partial charge in [-0.25, -0.2) is 0 Å². The lowest BCUT2D eigenvalue weighted by Gasteiger charge is -2.43. The minimum absolute atomic E-state index is 0.0118. The Balaban J connectivity index is 1.50. The van der Waals surface area contributed by atoms with Crippen molar-refractivity contribution in [1.29, 1.82) is 0 Å². The summed E-state index contributed by atoms with van der Waals surface area (Å²) in [5, 5.41) is 0. The second-order valence-corrected chi connectivity index (χ2v) is 8.89. The van der Waals surface area contributed by atoms with E-state index in [4.69, 9.17) is 4.74 Å². The monoisotopic (exact) mass is 359 g/mol. The zero-order valence-corrected chi connectivity index (χ0v) is 16.2. The van der Waals surface area contributed by atoms with Crippen molar-refractivity contribution in [3.63, 3.8) is 0 Å². The number of quaternary nitrogens is 1. The highest BCUT2D eigenvalue weighted by Crippen LogP contribution is 2.52. The largest absolute Gasteiger partial charge is 0.461 e. The van der Waals surface area contributed by atoms with Crippen LogP contribution in [0.1, 0.15) is 40.0 Å². The Labute approximate surface area is 156 Å². The van der Waals surface area contributed by atoms with E-state index in [1.54, 1.807) is 6.92 Å². The van der Waals surface area contributed by atoms with Gasteiger partial charge in [0.2, 0.25) is 5.91 Å². The van der Waals surface area contributed by atoms with Crippen LogP contribution in [0.4, 0.5) is 0 Å². The zero-order chi connectivity index (χ0) is 18.5. The Kier molecular flexibility index (Phi) is 4.46. The second kappa shape index (κ2) is 6.52. The first-order valence-electron chi connectivity index (χ1n) is 10.1. The number of fused-ring (bicyclic) bond motifs is 2. The van der Waals surface area contributed by atoms with E-state index in [-0.39, 0.29) is 35.2 Å². The molecular formula is C21H31N2O3+. The van der Waals surface area contributed by atoms with Crippen molar-refractivity contribution in [2.24, 2.45) is 17.3 Å². The molecule has 0 radical (unpaired) electrons. The number of carbonyl (C=O) groups is 2. The fraction of sp³-hybridized carbons (Fsp3) is 0.714. The van der Waals surface area contributed by atoms with Crippen LogP contribution in [-0.2, 0) is 14.3 Å². The number of rotatable bonds is 2. The van der Waals surface area contributed by atoms with Crippen molar-refractivity contribution in [1.82, 2.24) is 4.90 Å². The average Bonchev–Trinajstić information content (AvgIpc) is 2.88. The van der Waals surface area contributed by atoms with Crippen LogP contribution in [0.15, 0.2) is 23.3 Å². The van der Waals surface area contributed by atoms with Crippen LogP contribution in [0, 0.1) is 17.3 Å². The molecule has 2 saturated heterocycles. The number of ether oxygens (including phenoxy) is 1. The van der Waals surface area contributed by atoms with Crippen LogP contribution >= 0.6 is 0 Å². The lowest BCUT2D eigenvalue weighted by molar-refractivity contribution is -0.906. The van der Waals surface area contributed by atoms with Gasteiger partial charge in [0.1, 0.15) is 12.0 Å². The van der Waals surface area contributed by atoms with Crippen molar-refractivity contribution >= 4 is 11.9 Å². The molecule has 0 aromatic carbocycles. The summed E-state index contributed by atoms with van der Waals surface area (Å²) in [6, 6.07) is 0. The van der Waals surface area contributed by atoms with Gasteiger partial charge in [-0.2, -0.15) is 0 Å². The van der Waals surface area contributed by atoms with Crippen molar-refractivity contribution in [2.45, 2.75) is 46.1 Å².